The maximum absolute atomic E-state index is 5.55. The van der Waals surface area contributed by atoms with Gasteiger partial charge in [0.25, 0.3) is 0 Å². The smallest absolute Gasteiger partial charge is 0.137 e. The van der Waals surface area contributed by atoms with Crippen LogP contribution in [0.5, 0.6) is 11.5 Å². The summed E-state index contributed by atoms with van der Waals surface area (Å²) in [5.41, 5.74) is 1.11. The van der Waals surface area contributed by atoms with E-state index in [9.17, 15) is 0 Å². The minimum absolute atomic E-state index is 0.117. The molecular weight excluding hydrogens is 284 g/mol. The number of aromatic nitrogens is 1. The van der Waals surface area contributed by atoms with Crippen molar-refractivity contribution in [3.63, 3.8) is 0 Å². The molecule has 0 aliphatic rings. The highest BCUT2D eigenvalue weighted by Crippen LogP contribution is 2.31. The molecule has 0 aromatic carbocycles. The molecule has 0 saturated heterocycles. The summed E-state index contributed by atoms with van der Waals surface area (Å²) < 4.78 is 10.8. The molecule has 0 aliphatic carbocycles. The highest BCUT2D eigenvalue weighted by atomic mass is 32.1. The van der Waals surface area contributed by atoms with Gasteiger partial charge in [-0.2, -0.15) is 0 Å². The number of hydrogen-bond acceptors (Lipinski definition) is 5. The van der Waals surface area contributed by atoms with Crippen LogP contribution in [0.2, 0.25) is 0 Å². The average Bonchev–Trinajstić information content (AvgIpc) is 2.97. The van der Waals surface area contributed by atoms with Crippen LogP contribution < -0.4 is 14.8 Å². The zero-order valence-corrected chi connectivity index (χ0v) is 13.6. The van der Waals surface area contributed by atoms with Crippen LogP contribution in [0.1, 0.15) is 36.8 Å². The Morgan fingerprint density at radius 2 is 2.10 bits per heavy atom. The first-order chi connectivity index (χ1) is 10.3. The predicted octanol–water partition coefficient (Wildman–Crippen LogP) is 3.64. The molecule has 0 fully saturated rings. The molecule has 1 unspecified atom stereocenters. The minimum Gasteiger partial charge on any atom is -0.496 e. The maximum Gasteiger partial charge on any atom is 0.137 e. The Labute approximate surface area is 130 Å². The van der Waals surface area contributed by atoms with Crippen molar-refractivity contribution in [1.82, 2.24) is 10.3 Å². The maximum atomic E-state index is 5.55. The van der Waals surface area contributed by atoms with E-state index in [4.69, 9.17) is 9.47 Å². The fourth-order valence-electron chi connectivity index (χ4n) is 2.10. The van der Waals surface area contributed by atoms with E-state index in [1.54, 1.807) is 24.6 Å². The second-order valence-electron chi connectivity index (χ2n) is 4.66. The molecular formula is C16H22N2O2S. The largest absolute Gasteiger partial charge is 0.496 e. The monoisotopic (exact) mass is 306 g/mol. The number of methoxy groups -OCH3 is 1. The highest BCUT2D eigenvalue weighted by molar-refractivity contribution is 7.10. The summed E-state index contributed by atoms with van der Waals surface area (Å²) in [6, 6.07) is 4.24. The van der Waals surface area contributed by atoms with E-state index in [0.29, 0.717) is 6.61 Å². The minimum atomic E-state index is 0.117. The van der Waals surface area contributed by atoms with Gasteiger partial charge >= 0.3 is 0 Å². The van der Waals surface area contributed by atoms with Crippen LogP contribution in [-0.4, -0.2) is 25.2 Å². The summed E-state index contributed by atoms with van der Waals surface area (Å²) in [6.45, 7) is 5.73. The molecule has 5 heteroatoms. The van der Waals surface area contributed by atoms with Gasteiger partial charge in [-0.3, -0.25) is 4.98 Å². The van der Waals surface area contributed by atoms with Crippen molar-refractivity contribution >= 4 is 11.3 Å². The van der Waals surface area contributed by atoms with Gasteiger partial charge in [0.1, 0.15) is 11.5 Å². The van der Waals surface area contributed by atoms with Gasteiger partial charge in [-0.05, 0) is 37.6 Å². The molecule has 2 aromatic heterocycles. The van der Waals surface area contributed by atoms with Crippen LogP contribution in [0.4, 0.5) is 0 Å². The van der Waals surface area contributed by atoms with Gasteiger partial charge in [0.2, 0.25) is 0 Å². The number of ether oxygens (including phenoxy) is 2. The standard InChI is InChI=1S/C16H22N2O2S/c1-4-6-18-16(15-8-14(19-3)11-21-15)12-7-13(20-5-2)10-17-9-12/h7-11,16,18H,4-6H2,1-3H3. The van der Waals surface area contributed by atoms with Gasteiger partial charge in [0, 0.05) is 16.5 Å². The molecule has 2 aromatic rings. The van der Waals surface area contributed by atoms with Gasteiger partial charge in [-0.25, -0.2) is 0 Å². The third-order valence-corrected chi connectivity index (χ3v) is 4.07. The van der Waals surface area contributed by atoms with Gasteiger partial charge < -0.3 is 14.8 Å². The second kappa shape index (κ2) is 8.00. The molecule has 0 aliphatic heterocycles. The van der Waals surface area contributed by atoms with E-state index in [0.717, 1.165) is 30.0 Å². The normalized spacial score (nSPS) is 12.1. The summed E-state index contributed by atoms with van der Waals surface area (Å²) in [5.74, 6) is 1.70. The predicted molar refractivity (Wildman–Crippen MR) is 86.4 cm³/mol. The fourth-order valence-corrected chi connectivity index (χ4v) is 3.06. The summed E-state index contributed by atoms with van der Waals surface area (Å²) in [5, 5.41) is 5.59. The van der Waals surface area contributed by atoms with Gasteiger partial charge in [0.15, 0.2) is 0 Å². The lowest BCUT2D eigenvalue weighted by atomic mass is 10.1. The van der Waals surface area contributed by atoms with E-state index >= 15 is 0 Å². The molecule has 2 rings (SSSR count). The third kappa shape index (κ3) is 4.19. The molecule has 4 nitrogen and oxygen atoms in total. The van der Waals surface area contributed by atoms with E-state index in [1.807, 2.05) is 18.5 Å². The molecule has 0 amide bonds. The van der Waals surface area contributed by atoms with Crippen molar-refractivity contribution in [1.29, 1.82) is 0 Å². The van der Waals surface area contributed by atoms with E-state index in [2.05, 4.69) is 29.4 Å². The highest BCUT2D eigenvalue weighted by Gasteiger charge is 2.17. The fraction of sp³-hybridized carbons (Fsp3) is 0.438. The number of hydrogen-bond donors (Lipinski definition) is 1. The first-order valence-corrected chi connectivity index (χ1v) is 8.10. The lowest BCUT2D eigenvalue weighted by Gasteiger charge is -2.18. The third-order valence-electron chi connectivity index (χ3n) is 3.09. The van der Waals surface area contributed by atoms with E-state index < -0.39 is 0 Å². The Balaban J connectivity index is 2.28. The molecule has 21 heavy (non-hydrogen) atoms. The van der Waals surface area contributed by atoms with Crippen molar-refractivity contribution in [2.45, 2.75) is 26.3 Å². The summed E-state index contributed by atoms with van der Waals surface area (Å²) >= 11 is 1.69. The van der Waals surface area contributed by atoms with Crippen LogP contribution in [0.15, 0.2) is 29.9 Å². The first-order valence-electron chi connectivity index (χ1n) is 7.22. The van der Waals surface area contributed by atoms with Crippen LogP contribution in [-0.2, 0) is 0 Å². The number of thiophene rings is 1. The zero-order chi connectivity index (χ0) is 15.1. The molecule has 1 N–H and O–H groups in total. The van der Waals surface area contributed by atoms with Gasteiger partial charge in [-0.1, -0.05) is 6.92 Å². The van der Waals surface area contributed by atoms with Crippen LogP contribution >= 0.6 is 11.3 Å². The summed E-state index contributed by atoms with van der Waals surface area (Å²) in [7, 11) is 1.69. The number of nitrogens with zero attached hydrogens (tertiary/aromatic N) is 1. The van der Waals surface area contributed by atoms with Crippen molar-refractivity contribution in [3.05, 3.63) is 40.3 Å². The molecule has 2 heterocycles. The molecule has 114 valence electrons. The van der Waals surface area contributed by atoms with Crippen molar-refractivity contribution < 1.29 is 9.47 Å². The van der Waals surface area contributed by atoms with Crippen LogP contribution in [0, 0.1) is 0 Å². The SMILES string of the molecule is CCCNC(c1cncc(OCC)c1)c1cc(OC)cs1. The number of nitrogens with one attached hydrogen (secondary N) is 1. The summed E-state index contributed by atoms with van der Waals surface area (Å²) in [4.78, 5) is 5.51. The number of pyridine rings is 1. The Bertz CT molecular complexity index is 557. The first kappa shape index (κ1) is 15.8. The number of rotatable bonds is 8. The van der Waals surface area contributed by atoms with E-state index in [-0.39, 0.29) is 6.04 Å². The Morgan fingerprint density at radius 3 is 2.76 bits per heavy atom. The lowest BCUT2D eigenvalue weighted by Crippen LogP contribution is -2.22. The lowest BCUT2D eigenvalue weighted by molar-refractivity contribution is 0.338. The quantitative estimate of drug-likeness (QED) is 0.808. The molecule has 1 atom stereocenters. The Hall–Kier alpha value is -1.59. The van der Waals surface area contributed by atoms with Crippen molar-refractivity contribution in [3.8, 4) is 11.5 Å². The average molecular weight is 306 g/mol. The van der Waals surface area contributed by atoms with Crippen molar-refractivity contribution in [2.75, 3.05) is 20.3 Å². The van der Waals surface area contributed by atoms with Crippen LogP contribution in [0.25, 0.3) is 0 Å². The summed E-state index contributed by atoms with van der Waals surface area (Å²) in [6.07, 6.45) is 4.72. The Morgan fingerprint density at radius 1 is 1.24 bits per heavy atom. The van der Waals surface area contributed by atoms with Crippen LogP contribution in [0.3, 0.4) is 0 Å². The molecule has 0 saturated carbocycles. The van der Waals surface area contributed by atoms with Crippen molar-refractivity contribution in [2.24, 2.45) is 0 Å². The van der Waals surface area contributed by atoms with Gasteiger partial charge in [-0.15, -0.1) is 11.3 Å². The van der Waals surface area contributed by atoms with E-state index in [1.165, 1.54) is 4.88 Å². The molecule has 0 radical (unpaired) electrons. The molecule has 0 bridgehead atoms. The molecule has 0 spiro atoms. The second-order valence-corrected chi connectivity index (χ2v) is 5.61. The zero-order valence-electron chi connectivity index (χ0n) is 12.8. The Kier molecular flexibility index (Phi) is 6.02. The van der Waals surface area contributed by atoms with Gasteiger partial charge in [0.05, 0.1) is 26.0 Å². The topological polar surface area (TPSA) is 43.4 Å².